The van der Waals surface area contributed by atoms with Crippen LogP contribution in [0.2, 0.25) is 0 Å². The van der Waals surface area contributed by atoms with Crippen LogP contribution in [-0.2, 0) is 9.59 Å². The number of hydrogen-bond acceptors (Lipinski definition) is 4. The van der Waals surface area contributed by atoms with Crippen molar-refractivity contribution in [3.63, 3.8) is 0 Å². The normalized spacial score (nSPS) is 21.5. The van der Waals surface area contributed by atoms with Crippen molar-refractivity contribution in [1.29, 1.82) is 0 Å². The first kappa shape index (κ1) is 7.59. The fourth-order valence-corrected chi connectivity index (χ4v) is 0.649. The third-order valence-electron chi connectivity index (χ3n) is 1.22. The number of carbonyl (C=O) groups excluding carboxylic acids is 1. The SMILES string of the molecule is CC(=O)C1=C[C@H](C(=O)O)N=N1. The van der Waals surface area contributed by atoms with Crippen molar-refractivity contribution in [3.8, 4) is 0 Å². The van der Waals surface area contributed by atoms with Gasteiger partial charge in [0.25, 0.3) is 0 Å². The maximum Gasteiger partial charge on any atom is 0.334 e. The lowest BCUT2D eigenvalue weighted by molar-refractivity contribution is -0.137. The van der Waals surface area contributed by atoms with Crippen LogP contribution in [0.5, 0.6) is 0 Å². The Balaban J connectivity index is 2.79. The molecular formula is C6H6N2O3. The fraction of sp³-hybridized carbons (Fsp3) is 0.333. The summed E-state index contributed by atoms with van der Waals surface area (Å²) in [6.45, 7) is 1.31. The van der Waals surface area contributed by atoms with E-state index in [-0.39, 0.29) is 11.5 Å². The highest BCUT2D eigenvalue weighted by Crippen LogP contribution is 2.12. The molecule has 0 fully saturated rings. The maximum atomic E-state index is 10.6. The van der Waals surface area contributed by atoms with Crippen LogP contribution in [0.1, 0.15) is 6.92 Å². The monoisotopic (exact) mass is 154 g/mol. The molecule has 0 amide bonds. The lowest BCUT2D eigenvalue weighted by atomic mass is 10.2. The summed E-state index contributed by atoms with van der Waals surface area (Å²) in [5, 5.41) is 15.1. The smallest absolute Gasteiger partial charge is 0.334 e. The van der Waals surface area contributed by atoms with Gasteiger partial charge in [-0.1, -0.05) is 0 Å². The molecule has 0 saturated heterocycles. The van der Waals surface area contributed by atoms with E-state index in [0.29, 0.717) is 0 Å². The molecule has 1 heterocycles. The number of allylic oxidation sites excluding steroid dienone is 1. The molecular weight excluding hydrogens is 148 g/mol. The molecule has 1 rings (SSSR count). The van der Waals surface area contributed by atoms with Gasteiger partial charge < -0.3 is 5.11 Å². The third kappa shape index (κ3) is 1.49. The lowest BCUT2D eigenvalue weighted by Crippen LogP contribution is -2.12. The zero-order valence-electron chi connectivity index (χ0n) is 5.81. The Morgan fingerprint density at radius 1 is 1.64 bits per heavy atom. The van der Waals surface area contributed by atoms with Crippen LogP contribution in [0.3, 0.4) is 0 Å². The second-order valence-corrected chi connectivity index (χ2v) is 2.11. The number of carbonyl (C=O) groups is 2. The highest BCUT2D eigenvalue weighted by molar-refractivity contribution is 5.94. The molecule has 0 unspecified atom stereocenters. The van der Waals surface area contributed by atoms with Crippen molar-refractivity contribution in [1.82, 2.24) is 0 Å². The number of aliphatic carboxylic acids is 1. The number of azo groups is 1. The number of ketones is 1. The van der Waals surface area contributed by atoms with E-state index in [1.807, 2.05) is 0 Å². The molecule has 0 aromatic carbocycles. The Hall–Kier alpha value is -1.52. The summed E-state index contributed by atoms with van der Waals surface area (Å²) in [5.41, 5.74) is 0.123. The molecule has 0 saturated carbocycles. The van der Waals surface area contributed by atoms with Gasteiger partial charge in [0.1, 0.15) is 5.70 Å². The summed E-state index contributed by atoms with van der Waals surface area (Å²) < 4.78 is 0. The van der Waals surface area contributed by atoms with E-state index in [1.54, 1.807) is 0 Å². The number of carboxylic acids is 1. The van der Waals surface area contributed by atoms with E-state index < -0.39 is 12.0 Å². The van der Waals surface area contributed by atoms with E-state index in [1.165, 1.54) is 13.0 Å². The summed E-state index contributed by atoms with van der Waals surface area (Å²) in [5.74, 6) is -1.36. The van der Waals surface area contributed by atoms with Crippen molar-refractivity contribution in [2.45, 2.75) is 13.0 Å². The number of hydrogen-bond donors (Lipinski definition) is 1. The number of nitrogens with zero attached hydrogens (tertiary/aromatic N) is 2. The predicted molar refractivity (Wildman–Crippen MR) is 35.0 cm³/mol. The van der Waals surface area contributed by atoms with E-state index in [0.717, 1.165) is 0 Å². The van der Waals surface area contributed by atoms with Gasteiger partial charge >= 0.3 is 5.97 Å². The fourth-order valence-electron chi connectivity index (χ4n) is 0.649. The zero-order valence-corrected chi connectivity index (χ0v) is 5.81. The summed E-state index contributed by atoms with van der Waals surface area (Å²) in [6.07, 6.45) is 1.23. The highest BCUT2D eigenvalue weighted by Gasteiger charge is 2.21. The van der Waals surface area contributed by atoms with Gasteiger partial charge in [-0.15, -0.1) is 0 Å². The van der Waals surface area contributed by atoms with Gasteiger partial charge in [-0.2, -0.15) is 10.2 Å². The quantitative estimate of drug-likeness (QED) is 0.624. The van der Waals surface area contributed by atoms with Gasteiger partial charge in [0.15, 0.2) is 11.8 Å². The molecule has 0 aromatic rings. The summed E-state index contributed by atoms with van der Waals surface area (Å²) in [6, 6.07) is -0.978. The van der Waals surface area contributed by atoms with Crippen LogP contribution in [0, 0.1) is 0 Å². The summed E-state index contributed by atoms with van der Waals surface area (Å²) >= 11 is 0. The first-order valence-electron chi connectivity index (χ1n) is 2.97. The number of carboxylic acid groups (broad SMARTS) is 1. The minimum absolute atomic E-state index is 0.123. The Bertz CT molecular complexity index is 267. The Morgan fingerprint density at radius 3 is 2.55 bits per heavy atom. The van der Waals surface area contributed by atoms with Crippen molar-refractivity contribution >= 4 is 11.8 Å². The van der Waals surface area contributed by atoms with E-state index in [4.69, 9.17) is 5.11 Å². The van der Waals surface area contributed by atoms with Crippen molar-refractivity contribution in [2.24, 2.45) is 10.2 Å². The second-order valence-electron chi connectivity index (χ2n) is 2.11. The van der Waals surface area contributed by atoms with Crippen molar-refractivity contribution in [2.75, 3.05) is 0 Å². The first-order valence-corrected chi connectivity index (χ1v) is 2.97. The van der Waals surface area contributed by atoms with Crippen LogP contribution < -0.4 is 0 Å². The zero-order chi connectivity index (χ0) is 8.43. The van der Waals surface area contributed by atoms with Crippen LogP contribution >= 0.6 is 0 Å². The van der Waals surface area contributed by atoms with Crippen LogP contribution in [0.4, 0.5) is 0 Å². The van der Waals surface area contributed by atoms with Gasteiger partial charge in [-0.05, 0) is 6.08 Å². The van der Waals surface area contributed by atoms with E-state index in [2.05, 4.69) is 10.2 Å². The molecule has 58 valence electrons. The molecule has 0 aromatic heterocycles. The third-order valence-corrected chi connectivity index (χ3v) is 1.22. The number of Topliss-reactive ketones (excluding diaryl/α,β-unsaturated/α-hetero) is 1. The van der Waals surface area contributed by atoms with Crippen molar-refractivity contribution < 1.29 is 14.7 Å². The molecule has 1 aliphatic heterocycles. The van der Waals surface area contributed by atoms with Gasteiger partial charge in [-0.3, -0.25) is 4.79 Å². The molecule has 1 atom stereocenters. The van der Waals surface area contributed by atoms with Gasteiger partial charge in [0.05, 0.1) is 0 Å². The molecule has 0 bridgehead atoms. The standard InChI is InChI=1S/C6H6N2O3/c1-3(9)4-2-5(6(10)11)8-7-4/h2,5H,1H3,(H,10,11)/t5-/m1/s1. The molecule has 0 radical (unpaired) electrons. The van der Waals surface area contributed by atoms with Crippen molar-refractivity contribution in [3.05, 3.63) is 11.8 Å². The topological polar surface area (TPSA) is 79.1 Å². The lowest BCUT2D eigenvalue weighted by Gasteiger charge is -1.89. The van der Waals surface area contributed by atoms with Gasteiger partial charge in [0.2, 0.25) is 0 Å². The minimum atomic E-state index is -1.09. The maximum absolute atomic E-state index is 10.6. The van der Waals surface area contributed by atoms with Crippen LogP contribution in [-0.4, -0.2) is 22.9 Å². The molecule has 0 spiro atoms. The second kappa shape index (κ2) is 2.61. The first-order chi connectivity index (χ1) is 5.11. The van der Waals surface area contributed by atoms with Gasteiger partial charge in [-0.25, -0.2) is 4.79 Å². The average Bonchev–Trinajstić information content (AvgIpc) is 2.33. The van der Waals surface area contributed by atoms with Gasteiger partial charge in [0, 0.05) is 6.92 Å². The number of rotatable bonds is 2. The summed E-state index contributed by atoms with van der Waals surface area (Å²) in [4.78, 5) is 20.9. The molecule has 1 N–H and O–H groups in total. The molecule has 5 heteroatoms. The Kier molecular flexibility index (Phi) is 1.80. The highest BCUT2D eigenvalue weighted by atomic mass is 16.4. The predicted octanol–water partition coefficient (Wildman–Crippen LogP) is 0.378. The average molecular weight is 154 g/mol. The van der Waals surface area contributed by atoms with Crippen LogP contribution in [0.25, 0.3) is 0 Å². The van der Waals surface area contributed by atoms with E-state index in [9.17, 15) is 9.59 Å². The van der Waals surface area contributed by atoms with Crippen LogP contribution in [0.15, 0.2) is 22.0 Å². The Morgan fingerprint density at radius 2 is 2.27 bits per heavy atom. The minimum Gasteiger partial charge on any atom is -0.479 e. The molecule has 5 nitrogen and oxygen atoms in total. The molecule has 11 heavy (non-hydrogen) atoms. The molecule has 1 aliphatic rings. The largest absolute Gasteiger partial charge is 0.479 e. The molecule has 0 aliphatic carbocycles. The Labute approximate surface area is 62.4 Å². The van der Waals surface area contributed by atoms with E-state index >= 15 is 0 Å². The summed E-state index contributed by atoms with van der Waals surface area (Å²) in [7, 11) is 0.